The summed E-state index contributed by atoms with van der Waals surface area (Å²) >= 11 is 3.32. The van der Waals surface area contributed by atoms with Gasteiger partial charge in [0.25, 0.3) is 5.69 Å². The fourth-order valence-corrected chi connectivity index (χ4v) is 2.07. The van der Waals surface area contributed by atoms with Gasteiger partial charge in [0, 0.05) is 22.2 Å². The standard InChI is InChI=1S/C14H11BrN2O4/c15-12-3-6-14(11(7-12)8-16-18)21-9-10-1-4-13(5-2-10)17(19)20/h1-8,18H,9H2. The molecule has 0 saturated carbocycles. The molecule has 0 aliphatic rings. The number of halogens is 1. The summed E-state index contributed by atoms with van der Waals surface area (Å²) in [5.41, 5.74) is 1.46. The first kappa shape index (κ1) is 15.0. The van der Waals surface area contributed by atoms with Crippen molar-refractivity contribution in [2.24, 2.45) is 5.16 Å². The van der Waals surface area contributed by atoms with E-state index in [2.05, 4.69) is 21.1 Å². The molecule has 0 radical (unpaired) electrons. The lowest BCUT2D eigenvalue weighted by molar-refractivity contribution is -0.384. The molecule has 0 aliphatic heterocycles. The molecule has 1 N–H and O–H groups in total. The lowest BCUT2D eigenvalue weighted by Gasteiger charge is -2.09. The highest BCUT2D eigenvalue weighted by Gasteiger charge is 2.06. The summed E-state index contributed by atoms with van der Waals surface area (Å²) in [4.78, 5) is 10.1. The van der Waals surface area contributed by atoms with E-state index in [-0.39, 0.29) is 12.3 Å². The van der Waals surface area contributed by atoms with Crippen LogP contribution < -0.4 is 4.74 Å². The predicted octanol–water partition coefficient (Wildman–Crippen LogP) is 3.74. The second kappa shape index (κ2) is 6.85. The van der Waals surface area contributed by atoms with Crippen molar-refractivity contribution in [1.82, 2.24) is 0 Å². The van der Waals surface area contributed by atoms with E-state index in [1.807, 2.05) is 0 Å². The van der Waals surface area contributed by atoms with Crippen LogP contribution in [0.15, 0.2) is 52.1 Å². The molecular formula is C14H11BrN2O4. The number of hydrogen-bond acceptors (Lipinski definition) is 5. The number of nitro benzene ring substituents is 1. The summed E-state index contributed by atoms with van der Waals surface area (Å²) in [6.07, 6.45) is 1.27. The van der Waals surface area contributed by atoms with Crippen molar-refractivity contribution in [1.29, 1.82) is 0 Å². The SMILES string of the molecule is O=[N+]([O-])c1ccc(COc2ccc(Br)cc2C=NO)cc1. The first-order valence-corrected chi connectivity index (χ1v) is 6.72. The van der Waals surface area contributed by atoms with Crippen LogP contribution in [0.3, 0.4) is 0 Å². The zero-order chi connectivity index (χ0) is 15.2. The van der Waals surface area contributed by atoms with Crippen molar-refractivity contribution in [3.05, 3.63) is 68.2 Å². The van der Waals surface area contributed by atoms with Crippen LogP contribution in [-0.2, 0) is 6.61 Å². The molecule has 7 heteroatoms. The molecular weight excluding hydrogens is 340 g/mol. The lowest BCUT2D eigenvalue weighted by Crippen LogP contribution is -1.99. The lowest BCUT2D eigenvalue weighted by atomic mass is 10.2. The molecule has 0 atom stereocenters. The Morgan fingerprint density at radius 2 is 2.00 bits per heavy atom. The Morgan fingerprint density at radius 1 is 1.29 bits per heavy atom. The van der Waals surface area contributed by atoms with Crippen LogP contribution in [0, 0.1) is 10.1 Å². The fraction of sp³-hybridized carbons (Fsp3) is 0.0714. The Morgan fingerprint density at radius 3 is 2.62 bits per heavy atom. The topological polar surface area (TPSA) is 85.0 Å². The van der Waals surface area contributed by atoms with Crippen LogP contribution in [0.1, 0.15) is 11.1 Å². The van der Waals surface area contributed by atoms with Gasteiger partial charge in [-0.05, 0) is 35.9 Å². The van der Waals surface area contributed by atoms with Gasteiger partial charge in [-0.25, -0.2) is 0 Å². The van der Waals surface area contributed by atoms with Gasteiger partial charge in [0.1, 0.15) is 12.4 Å². The Balaban J connectivity index is 2.10. The van der Waals surface area contributed by atoms with E-state index in [1.54, 1.807) is 30.3 Å². The number of rotatable bonds is 5. The molecule has 0 saturated heterocycles. The van der Waals surface area contributed by atoms with Gasteiger partial charge in [-0.1, -0.05) is 21.1 Å². The molecule has 0 aliphatic carbocycles. The first-order chi connectivity index (χ1) is 10.1. The maximum Gasteiger partial charge on any atom is 0.269 e. The van der Waals surface area contributed by atoms with Crippen LogP contribution in [0.4, 0.5) is 5.69 Å². The van der Waals surface area contributed by atoms with Gasteiger partial charge in [0.2, 0.25) is 0 Å². The average Bonchev–Trinajstić information content (AvgIpc) is 2.47. The second-order valence-corrected chi connectivity index (χ2v) is 5.05. The van der Waals surface area contributed by atoms with E-state index in [0.717, 1.165) is 10.0 Å². The third-order valence-electron chi connectivity index (χ3n) is 2.71. The molecule has 0 spiro atoms. The molecule has 2 aromatic rings. The smallest absolute Gasteiger partial charge is 0.269 e. The second-order valence-electron chi connectivity index (χ2n) is 4.14. The predicted molar refractivity (Wildman–Crippen MR) is 81.0 cm³/mol. The largest absolute Gasteiger partial charge is 0.488 e. The number of oxime groups is 1. The van der Waals surface area contributed by atoms with Crippen LogP contribution in [0.25, 0.3) is 0 Å². The summed E-state index contributed by atoms with van der Waals surface area (Å²) in [6.45, 7) is 0.256. The van der Waals surface area contributed by atoms with Crippen LogP contribution >= 0.6 is 15.9 Å². The van der Waals surface area contributed by atoms with E-state index in [4.69, 9.17) is 9.94 Å². The number of ether oxygens (including phenoxy) is 1. The van der Waals surface area contributed by atoms with Gasteiger partial charge < -0.3 is 9.94 Å². The van der Waals surface area contributed by atoms with E-state index in [9.17, 15) is 10.1 Å². The van der Waals surface area contributed by atoms with Crippen LogP contribution in [0.5, 0.6) is 5.75 Å². The van der Waals surface area contributed by atoms with Crippen LogP contribution in [0.2, 0.25) is 0 Å². The first-order valence-electron chi connectivity index (χ1n) is 5.93. The third kappa shape index (κ3) is 4.03. The molecule has 2 aromatic carbocycles. The van der Waals surface area contributed by atoms with Crippen LogP contribution in [-0.4, -0.2) is 16.3 Å². The average molecular weight is 351 g/mol. The van der Waals surface area contributed by atoms with Gasteiger partial charge in [-0.3, -0.25) is 10.1 Å². The minimum atomic E-state index is -0.449. The minimum absolute atomic E-state index is 0.0375. The Bertz CT molecular complexity index is 671. The zero-order valence-corrected chi connectivity index (χ0v) is 12.4. The van der Waals surface area contributed by atoms with E-state index >= 15 is 0 Å². The summed E-state index contributed by atoms with van der Waals surface area (Å²) in [7, 11) is 0. The highest BCUT2D eigenvalue weighted by atomic mass is 79.9. The highest BCUT2D eigenvalue weighted by Crippen LogP contribution is 2.23. The van der Waals surface area contributed by atoms with Crippen molar-refractivity contribution >= 4 is 27.8 Å². The Hall–Kier alpha value is -2.41. The van der Waals surface area contributed by atoms with Crippen molar-refractivity contribution in [2.75, 3.05) is 0 Å². The van der Waals surface area contributed by atoms with Gasteiger partial charge >= 0.3 is 0 Å². The quantitative estimate of drug-likeness (QED) is 0.385. The summed E-state index contributed by atoms with van der Waals surface area (Å²) in [6, 6.07) is 11.4. The fourth-order valence-electron chi connectivity index (χ4n) is 1.69. The molecule has 0 amide bonds. The van der Waals surface area contributed by atoms with Crippen molar-refractivity contribution in [2.45, 2.75) is 6.61 Å². The van der Waals surface area contributed by atoms with Crippen molar-refractivity contribution < 1.29 is 14.9 Å². The highest BCUT2D eigenvalue weighted by molar-refractivity contribution is 9.10. The van der Waals surface area contributed by atoms with Gasteiger partial charge in [0.05, 0.1) is 11.1 Å². The normalized spacial score (nSPS) is 10.7. The number of non-ortho nitro benzene ring substituents is 1. The molecule has 0 unspecified atom stereocenters. The summed E-state index contributed by atoms with van der Waals surface area (Å²) in [5.74, 6) is 0.550. The van der Waals surface area contributed by atoms with Gasteiger partial charge in [-0.15, -0.1) is 0 Å². The maximum atomic E-state index is 10.6. The molecule has 0 aromatic heterocycles. The zero-order valence-electron chi connectivity index (χ0n) is 10.8. The van der Waals surface area contributed by atoms with E-state index in [0.29, 0.717) is 11.3 Å². The van der Waals surface area contributed by atoms with Gasteiger partial charge in [-0.2, -0.15) is 0 Å². The molecule has 108 valence electrons. The molecule has 0 bridgehead atoms. The number of hydrogen-bond donors (Lipinski definition) is 1. The summed E-state index contributed by atoms with van der Waals surface area (Å²) in [5, 5.41) is 22.2. The molecule has 0 fully saturated rings. The molecule has 0 heterocycles. The van der Waals surface area contributed by atoms with Gasteiger partial charge in [0.15, 0.2) is 0 Å². The Kier molecular flexibility index (Phi) is 4.89. The molecule has 2 rings (SSSR count). The summed E-state index contributed by atoms with van der Waals surface area (Å²) < 4.78 is 6.47. The monoisotopic (exact) mass is 350 g/mol. The maximum absolute atomic E-state index is 10.6. The number of benzene rings is 2. The molecule has 6 nitrogen and oxygen atoms in total. The minimum Gasteiger partial charge on any atom is -0.488 e. The van der Waals surface area contributed by atoms with E-state index in [1.165, 1.54) is 18.3 Å². The number of nitrogens with zero attached hydrogens (tertiary/aromatic N) is 2. The number of nitro groups is 1. The molecule has 21 heavy (non-hydrogen) atoms. The van der Waals surface area contributed by atoms with E-state index < -0.39 is 4.92 Å². The van der Waals surface area contributed by atoms with Crippen molar-refractivity contribution in [3.8, 4) is 5.75 Å². The Labute approximate surface area is 128 Å². The third-order valence-corrected chi connectivity index (χ3v) is 3.20. The van der Waals surface area contributed by atoms with Crippen molar-refractivity contribution in [3.63, 3.8) is 0 Å².